The first-order chi connectivity index (χ1) is 9.73. The van der Waals surface area contributed by atoms with E-state index in [2.05, 4.69) is 15.6 Å². The predicted octanol–water partition coefficient (Wildman–Crippen LogP) is 2.07. The number of carbonyl (C=O) groups excluding carboxylic acids is 1. The fourth-order valence-electron chi connectivity index (χ4n) is 1.69. The number of hydrogen-bond acceptors (Lipinski definition) is 6. The van der Waals surface area contributed by atoms with Gasteiger partial charge >= 0.3 is 0 Å². The second kappa shape index (κ2) is 7.61. The molecule has 0 saturated heterocycles. The third-order valence-electron chi connectivity index (χ3n) is 2.81. The van der Waals surface area contributed by atoms with E-state index in [0.717, 1.165) is 12.8 Å². The maximum Gasteiger partial charge on any atom is 0.265 e. The minimum Gasteiger partial charge on any atom is -0.396 e. The van der Waals surface area contributed by atoms with Crippen molar-refractivity contribution in [3.8, 4) is 0 Å². The Morgan fingerprint density at radius 1 is 1.48 bits per heavy atom. The lowest BCUT2D eigenvalue weighted by Gasteiger charge is -2.19. The van der Waals surface area contributed by atoms with Crippen LogP contribution in [0, 0.1) is 5.92 Å². The van der Waals surface area contributed by atoms with Gasteiger partial charge in [0.2, 0.25) is 0 Å². The first kappa shape index (κ1) is 17.7. The van der Waals surface area contributed by atoms with Gasteiger partial charge in [-0.2, -0.15) is 0 Å². The molecule has 1 unspecified atom stereocenters. The monoisotopic (exact) mass is 314 g/mol. The van der Waals surface area contributed by atoms with Crippen molar-refractivity contribution < 1.29 is 9.90 Å². The average molecular weight is 314 g/mol. The van der Waals surface area contributed by atoms with Crippen LogP contribution in [0.15, 0.2) is 0 Å². The molecule has 1 heterocycles. The molecule has 0 aliphatic rings. The van der Waals surface area contributed by atoms with Gasteiger partial charge in [0, 0.05) is 18.7 Å². The number of thiazole rings is 1. The zero-order chi connectivity index (χ0) is 16.0. The van der Waals surface area contributed by atoms with Crippen LogP contribution < -0.4 is 16.4 Å². The lowest BCUT2D eigenvalue weighted by molar-refractivity contribution is 0.0957. The molecule has 5 N–H and O–H groups in total. The SMILES string of the molecule is CC(CO)CCCNC(=O)c1sc(NC(C)(C)C)nc1N. The van der Waals surface area contributed by atoms with E-state index in [1.807, 2.05) is 27.7 Å². The summed E-state index contributed by atoms with van der Waals surface area (Å²) in [7, 11) is 0. The van der Waals surface area contributed by atoms with E-state index >= 15 is 0 Å². The molecular formula is C14H26N4O2S. The second-order valence-corrected chi connectivity index (χ2v) is 7.29. The van der Waals surface area contributed by atoms with Crippen LogP contribution in [0.4, 0.5) is 10.9 Å². The van der Waals surface area contributed by atoms with Crippen LogP contribution >= 0.6 is 11.3 Å². The van der Waals surface area contributed by atoms with Gasteiger partial charge in [0.15, 0.2) is 5.13 Å². The molecule has 0 spiro atoms. The number of aromatic nitrogens is 1. The molecule has 1 amide bonds. The molecule has 6 nitrogen and oxygen atoms in total. The summed E-state index contributed by atoms with van der Waals surface area (Å²) in [6.45, 7) is 8.79. The van der Waals surface area contributed by atoms with Gasteiger partial charge in [-0.25, -0.2) is 4.98 Å². The number of rotatable bonds is 7. The highest BCUT2D eigenvalue weighted by Crippen LogP contribution is 2.27. The van der Waals surface area contributed by atoms with Crippen molar-refractivity contribution in [2.45, 2.75) is 46.1 Å². The summed E-state index contributed by atoms with van der Waals surface area (Å²) in [5, 5.41) is 15.6. The third kappa shape index (κ3) is 6.31. The van der Waals surface area contributed by atoms with Crippen molar-refractivity contribution >= 4 is 28.2 Å². The lowest BCUT2D eigenvalue weighted by atomic mass is 10.1. The fraction of sp³-hybridized carbons (Fsp3) is 0.714. The number of nitrogens with two attached hydrogens (primary N) is 1. The molecule has 0 saturated carbocycles. The quantitative estimate of drug-likeness (QED) is 0.577. The Hall–Kier alpha value is -1.34. The van der Waals surface area contributed by atoms with E-state index in [1.54, 1.807) is 0 Å². The van der Waals surface area contributed by atoms with Crippen LogP contribution in [0.1, 0.15) is 50.2 Å². The predicted molar refractivity (Wildman–Crippen MR) is 87.7 cm³/mol. The fourth-order valence-corrected chi connectivity index (χ4v) is 2.70. The highest BCUT2D eigenvalue weighted by molar-refractivity contribution is 7.18. The zero-order valence-corrected chi connectivity index (χ0v) is 14.0. The van der Waals surface area contributed by atoms with Gasteiger partial charge < -0.3 is 21.5 Å². The van der Waals surface area contributed by atoms with Crippen molar-refractivity contribution in [2.24, 2.45) is 5.92 Å². The van der Waals surface area contributed by atoms with Crippen molar-refractivity contribution in [1.82, 2.24) is 10.3 Å². The van der Waals surface area contributed by atoms with Gasteiger partial charge in [-0.05, 0) is 39.5 Å². The second-order valence-electron chi connectivity index (χ2n) is 6.29. The molecule has 0 aliphatic heterocycles. The molecule has 1 rings (SSSR count). The number of aliphatic hydroxyl groups is 1. The normalized spacial score (nSPS) is 13.0. The minimum atomic E-state index is -0.191. The number of nitrogens with one attached hydrogen (secondary N) is 2. The Kier molecular flexibility index (Phi) is 6.42. The molecule has 21 heavy (non-hydrogen) atoms. The summed E-state index contributed by atoms with van der Waals surface area (Å²) >= 11 is 1.26. The molecule has 0 fully saturated rings. The topological polar surface area (TPSA) is 100 Å². The lowest BCUT2D eigenvalue weighted by Crippen LogP contribution is -2.25. The Morgan fingerprint density at radius 3 is 2.71 bits per heavy atom. The van der Waals surface area contributed by atoms with E-state index in [0.29, 0.717) is 16.6 Å². The largest absolute Gasteiger partial charge is 0.396 e. The zero-order valence-electron chi connectivity index (χ0n) is 13.2. The first-order valence-corrected chi connectivity index (χ1v) is 7.98. The van der Waals surface area contributed by atoms with Gasteiger partial charge in [0.25, 0.3) is 5.91 Å². The van der Waals surface area contributed by atoms with Gasteiger partial charge in [-0.15, -0.1) is 0 Å². The maximum absolute atomic E-state index is 12.1. The van der Waals surface area contributed by atoms with E-state index in [1.165, 1.54) is 11.3 Å². The summed E-state index contributed by atoms with van der Waals surface area (Å²) in [4.78, 5) is 16.7. The standard InChI is InChI=1S/C14H26N4O2S/c1-9(8-19)6-5-7-16-12(20)10-11(15)17-13(21-10)18-14(2,3)4/h9,19H,5-8,15H2,1-4H3,(H,16,20)(H,17,18). The summed E-state index contributed by atoms with van der Waals surface area (Å²) in [5.74, 6) is 0.328. The Morgan fingerprint density at radius 2 is 2.14 bits per heavy atom. The first-order valence-electron chi connectivity index (χ1n) is 7.16. The summed E-state index contributed by atoms with van der Waals surface area (Å²) < 4.78 is 0. The number of nitrogen functional groups attached to an aromatic ring is 1. The highest BCUT2D eigenvalue weighted by atomic mass is 32.1. The number of amides is 1. The molecule has 1 aromatic rings. The van der Waals surface area contributed by atoms with E-state index < -0.39 is 0 Å². The number of aliphatic hydroxyl groups excluding tert-OH is 1. The number of carbonyl (C=O) groups is 1. The van der Waals surface area contributed by atoms with E-state index in [4.69, 9.17) is 10.8 Å². The van der Waals surface area contributed by atoms with Crippen LogP contribution in [-0.4, -0.2) is 34.7 Å². The summed E-state index contributed by atoms with van der Waals surface area (Å²) in [5.41, 5.74) is 5.67. The Balaban J connectivity index is 2.51. The van der Waals surface area contributed by atoms with Gasteiger partial charge in [0.05, 0.1) is 0 Å². The molecule has 1 atom stereocenters. The molecular weight excluding hydrogens is 288 g/mol. The molecule has 0 aliphatic carbocycles. The molecule has 1 aromatic heterocycles. The van der Waals surface area contributed by atoms with Crippen molar-refractivity contribution in [1.29, 1.82) is 0 Å². The number of anilines is 2. The van der Waals surface area contributed by atoms with E-state index in [-0.39, 0.29) is 29.8 Å². The van der Waals surface area contributed by atoms with Gasteiger partial charge in [-0.3, -0.25) is 4.79 Å². The van der Waals surface area contributed by atoms with E-state index in [9.17, 15) is 4.79 Å². The van der Waals surface area contributed by atoms with Crippen LogP contribution in [0.25, 0.3) is 0 Å². The van der Waals surface area contributed by atoms with Crippen molar-refractivity contribution in [3.05, 3.63) is 4.88 Å². The van der Waals surface area contributed by atoms with Crippen LogP contribution in [0.3, 0.4) is 0 Å². The Bertz CT molecular complexity index is 468. The highest BCUT2D eigenvalue weighted by Gasteiger charge is 2.18. The molecule has 0 aromatic carbocycles. The summed E-state index contributed by atoms with van der Waals surface area (Å²) in [6.07, 6.45) is 1.71. The van der Waals surface area contributed by atoms with Crippen LogP contribution in [-0.2, 0) is 0 Å². The molecule has 7 heteroatoms. The van der Waals surface area contributed by atoms with Crippen molar-refractivity contribution in [3.63, 3.8) is 0 Å². The van der Waals surface area contributed by atoms with Gasteiger partial charge in [0.1, 0.15) is 10.7 Å². The number of hydrogen-bond donors (Lipinski definition) is 4. The van der Waals surface area contributed by atoms with Crippen LogP contribution in [0.2, 0.25) is 0 Å². The number of nitrogens with zero attached hydrogens (tertiary/aromatic N) is 1. The molecule has 120 valence electrons. The molecule has 0 bridgehead atoms. The molecule has 0 radical (unpaired) electrons. The van der Waals surface area contributed by atoms with Crippen LogP contribution in [0.5, 0.6) is 0 Å². The third-order valence-corrected chi connectivity index (χ3v) is 3.80. The minimum absolute atomic E-state index is 0.127. The van der Waals surface area contributed by atoms with Crippen molar-refractivity contribution in [2.75, 3.05) is 24.2 Å². The summed E-state index contributed by atoms with van der Waals surface area (Å²) in [6, 6.07) is 0. The smallest absolute Gasteiger partial charge is 0.265 e. The maximum atomic E-state index is 12.1. The van der Waals surface area contributed by atoms with Gasteiger partial charge in [-0.1, -0.05) is 18.3 Å². The average Bonchev–Trinajstić information content (AvgIpc) is 2.72. The Labute approximate surface area is 130 Å².